The summed E-state index contributed by atoms with van der Waals surface area (Å²) < 4.78 is 24.4. The maximum absolute atomic E-state index is 13.0. The first-order valence-corrected chi connectivity index (χ1v) is 7.56. The van der Waals surface area contributed by atoms with Gasteiger partial charge >= 0.3 is 0 Å². The van der Waals surface area contributed by atoms with Crippen molar-refractivity contribution in [3.05, 3.63) is 66.0 Å². The number of hydrogen-bond donors (Lipinski definition) is 0. The molecule has 0 radical (unpaired) electrons. The SMILES string of the molecule is O=C(c1ccc(F)cc1)N1CCOCC(Oc2ccccc2)C1. The van der Waals surface area contributed by atoms with Gasteiger partial charge in [0.15, 0.2) is 0 Å². The highest BCUT2D eigenvalue weighted by Crippen LogP contribution is 2.15. The Balaban J connectivity index is 1.69. The highest BCUT2D eigenvalue weighted by Gasteiger charge is 2.24. The van der Waals surface area contributed by atoms with E-state index < -0.39 is 0 Å². The summed E-state index contributed by atoms with van der Waals surface area (Å²) in [5.41, 5.74) is 0.465. The summed E-state index contributed by atoms with van der Waals surface area (Å²) in [4.78, 5) is 14.2. The van der Waals surface area contributed by atoms with Crippen molar-refractivity contribution in [3.63, 3.8) is 0 Å². The van der Waals surface area contributed by atoms with Crippen LogP contribution in [-0.4, -0.2) is 43.2 Å². The van der Waals surface area contributed by atoms with Crippen molar-refractivity contribution >= 4 is 5.91 Å². The second-order valence-corrected chi connectivity index (χ2v) is 5.39. The second-order valence-electron chi connectivity index (χ2n) is 5.39. The maximum Gasteiger partial charge on any atom is 0.254 e. The first-order chi connectivity index (χ1) is 11.2. The summed E-state index contributed by atoms with van der Waals surface area (Å²) in [6.07, 6.45) is -0.232. The molecule has 23 heavy (non-hydrogen) atoms. The van der Waals surface area contributed by atoms with Gasteiger partial charge in [-0.2, -0.15) is 0 Å². The molecule has 1 aliphatic heterocycles. The number of halogens is 1. The Hall–Kier alpha value is -2.40. The first-order valence-electron chi connectivity index (χ1n) is 7.56. The lowest BCUT2D eigenvalue weighted by molar-refractivity contribution is 0.0652. The van der Waals surface area contributed by atoms with Gasteiger partial charge in [-0.3, -0.25) is 4.79 Å². The number of rotatable bonds is 3. The smallest absolute Gasteiger partial charge is 0.254 e. The zero-order valence-corrected chi connectivity index (χ0v) is 12.7. The van der Waals surface area contributed by atoms with Gasteiger partial charge in [-0.05, 0) is 36.4 Å². The molecule has 0 aliphatic carbocycles. The van der Waals surface area contributed by atoms with Crippen molar-refractivity contribution in [3.8, 4) is 5.75 Å². The van der Waals surface area contributed by atoms with Gasteiger partial charge in [-0.15, -0.1) is 0 Å². The number of carbonyl (C=O) groups is 1. The lowest BCUT2D eigenvalue weighted by atomic mass is 10.2. The van der Waals surface area contributed by atoms with Crippen LogP contribution < -0.4 is 4.74 Å². The number of amides is 1. The van der Waals surface area contributed by atoms with Crippen molar-refractivity contribution in [1.29, 1.82) is 0 Å². The van der Waals surface area contributed by atoms with Crippen LogP contribution in [0.15, 0.2) is 54.6 Å². The molecule has 1 atom stereocenters. The van der Waals surface area contributed by atoms with Gasteiger partial charge < -0.3 is 14.4 Å². The van der Waals surface area contributed by atoms with Crippen molar-refractivity contribution in [1.82, 2.24) is 4.90 Å². The fourth-order valence-electron chi connectivity index (χ4n) is 2.50. The molecular weight excluding hydrogens is 297 g/mol. The highest BCUT2D eigenvalue weighted by molar-refractivity contribution is 5.94. The van der Waals surface area contributed by atoms with Crippen LogP contribution in [0, 0.1) is 5.82 Å². The second kappa shape index (κ2) is 7.24. The quantitative estimate of drug-likeness (QED) is 0.874. The van der Waals surface area contributed by atoms with E-state index in [4.69, 9.17) is 9.47 Å². The minimum absolute atomic E-state index is 0.142. The van der Waals surface area contributed by atoms with E-state index in [0.29, 0.717) is 31.9 Å². The highest BCUT2D eigenvalue weighted by atomic mass is 19.1. The first kappa shape index (κ1) is 15.5. The topological polar surface area (TPSA) is 38.8 Å². The molecule has 0 aromatic heterocycles. The van der Waals surface area contributed by atoms with E-state index in [-0.39, 0.29) is 17.8 Å². The summed E-state index contributed by atoms with van der Waals surface area (Å²) in [6, 6.07) is 15.0. The molecule has 0 bridgehead atoms. The van der Waals surface area contributed by atoms with E-state index in [1.807, 2.05) is 30.3 Å². The van der Waals surface area contributed by atoms with Gasteiger partial charge in [0.25, 0.3) is 5.91 Å². The molecule has 0 spiro atoms. The summed E-state index contributed by atoms with van der Waals surface area (Å²) >= 11 is 0. The van der Waals surface area contributed by atoms with Crippen molar-refractivity contribution < 1.29 is 18.7 Å². The van der Waals surface area contributed by atoms with Crippen LogP contribution in [0.3, 0.4) is 0 Å². The van der Waals surface area contributed by atoms with E-state index in [2.05, 4.69) is 0 Å². The summed E-state index contributed by atoms with van der Waals surface area (Å²) in [5, 5.41) is 0. The van der Waals surface area contributed by atoms with Gasteiger partial charge in [-0.25, -0.2) is 4.39 Å². The van der Waals surface area contributed by atoms with Crippen LogP contribution in [0.5, 0.6) is 5.75 Å². The number of carbonyl (C=O) groups excluding carboxylic acids is 1. The number of hydrogen-bond acceptors (Lipinski definition) is 3. The Morgan fingerprint density at radius 1 is 1.13 bits per heavy atom. The van der Waals surface area contributed by atoms with Gasteiger partial charge in [-0.1, -0.05) is 18.2 Å². The minimum Gasteiger partial charge on any atom is -0.486 e. The van der Waals surface area contributed by atoms with E-state index in [9.17, 15) is 9.18 Å². The van der Waals surface area contributed by atoms with Crippen LogP contribution in [-0.2, 0) is 4.74 Å². The standard InChI is InChI=1S/C18H18FNO3/c19-15-8-6-14(7-9-15)18(21)20-10-11-22-13-17(12-20)23-16-4-2-1-3-5-16/h1-9,17H,10-13H2. The Labute approximate surface area is 134 Å². The summed E-state index contributed by atoms with van der Waals surface area (Å²) in [5.74, 6) is 0.250. The zero-order valence-electron chi connectivity index (χ0n) is 12.7. The zero-order chi connectivity index (χ0) is 16.1. The third kappa shape index (κ3) is 4.07. The molecule has 3 rings (SSSR count). The molecule has 1 amide bonds. The lowest BCUT2D eigenvalue weighted by Crippen LogP contribution is -2.40. The number of benzene rings is 2. The number of ether oxygens (including phenoxy) is 2. The lowest BCUT2D eigenvalue weighted by Gasteiger charge is -2.24. The molecule has 0 N–H and O–H groups in total. The molecule has 120 valence electrons. The molecule has 5 heteroatoms. The molecule has 1 saturated heterocycles. The van der Waals surface area contributed by atoms with Gasteiger partial charge in [0, 0.05) is 12.1 Å². The van der Waals surface area contributed by atoms with Crippen LogP contribution in [0.1, 0.15) is 10.4 Å². The van der Waals surface area contributed by atoms with Crippen LogP contribution in [0.2, 0.25) is 0 Å². The van der Waals surface area contributed by atoms with E-state index in [0.717, 1.165) is 5.75 Å². The average Bonchev–Trinajstić information content (AvgIpc) is 2.81. The normalized spacial score (nSPS) is 18.3. The Bertz CT molecular complexity index is 645. The van der Waals surface area contributed by atoms with Crippen molar-refractivity contribution in [2.75, 3.05) is 26.3 Å². The van der Waals surface area contributed by atoms with E-state index in [1.54, 1.807) is 4.90 Å². The molecule has 2 aromatic carbocycles. The molecule has 1 aliphatic rings. The van der Waals surface area contributed by atoms with E-state index >= 15 is 0 Å². The molecule has 2 aromatic rings. The Morgan fingerprint density at radius 2 is 1.87 bits per heavy atom. The third-order valence-electron chi connectivity index (χ3n) is 3.66. The van der Waals surface area contributed by atoms with Gasteiger partial charge in [0.2, 0.25) is 0 Å². The molecule has 1 fully saturated rings. The van der Waals surface area contributed by atoms with Gasteiger partial charge in [0.05, 0.1) is 19.8 Å². The predicted molar refractivity (Wildman–Crippen MR) is 84.0 cm³/mol. The van der Waals surface area contributed by atoms with Crippen LogP contribution in [0.4, 0.5) is 4.39 Å². The van der Waals surface area contributed by atoms with Crippen LogP contribution >= 0.6 is 0 Å². The third-order valence-corrected chi connectivity index (χ3v) is 3.66. The Morgan fingerprint density at radius 3 is 2.61 bits per heavy atom. The molecule has 0 saturated carbocycles. The summed E-state index contributed by atoms with van der Waals surface area (Å²) in [6.45, 7) is 1.82. The average molecular weight is 315 g/mol. The monoisotopic (exact) mass is 315 g/mol. The fourth-order valence-corrected chi connectivity index (χ4v) is 2.50. The number of nitrogens with zero attached hydrogens (tertiary/aromatic N) is 1. The molecule has 4 nitrogen and oxygen atoms in total. The van der Waals surface area contributed by atoms with Crippen LogP contribution in [0.25, 0.3) is 0 Å². The fraction of sp³-hybridized carbons (Fsp3) is 0.278. The molecule has 1 unspecified atom stereocenters. The van der Waals surface area contributed by atoms with Crippen molar-refractivity contribution in [2.24, 2.45) is 0 Å². The van der Waals surface area contributed by atoms with E-state index in [1.165, 1.54) is 24.3 Å². The molecule has 1 heterocycles. The molecular formula is C18H18FNO3. The Kier molecular flexibility index (Phi) is 4.88. The van der Waals surface area contributed by atoms with Gasteiger partial charge in [0.1, 0.15) is 17.7 Å². The predicted octanol–water partition coefficient (Wildman–Crippen LogP) is 2.75. The largest absolute Gasteiger partial charge is 0.486 e. The minimum atomic E-state index is -0.356. The maximum atomic E-state index is 13.0. The summed E-state index contributed by atoms with van der Waals surface area (Å²) in [7, 11) is 0. The number of para-hydroxylation sites is 1. The van der Waals surface area contributed by atoms with Crippen molar-refractivity contribution in [2.45, 2.75) is 6.10 Å².